The van der Waals surface area contributed by atoms with Gasteiger partial charge in [-0.15, -0.1) is 10.2 Å². The van der Waals surface area contributed by atoms with E-state index in [0.29, 0.717) is 18.9 Å². The number of carbonyl (C=O) groups is 2. The summed E-state index contributed by atoms with van der Waals surface area (Å²) in [7, 11) is 0. The van der Waals surface area contributed by atoms with Gasteiger partial charge in [0.1, 0.15) is 0 Å². The number of aromatic nitrogens is 4. The second-order valence-electron chi connectivity index (χ2n) is 7.35. The number of hydrogen-bond acceptors (Lipinski definition) is 8. The highest BCUT2D eigenvalue weighted by Crippen LogP contribution is 2.32. The summed E-state index contributed by atoms with van der Waals surface area (Å²) >= 11 is 0. The zero-order valence-electron chi connectivity index (χ0n) is 18.0. The topological polar surface area (TPSA) is 133 Å². The highest BCUT2D eigenvalue weighted by molar-refractivity contribution is 5.96. The largest absolute Gasteiger partial charge is 0.420 e. The molecular formula is C21H18F3N7O4. The van der Waals surface area contributed by atoms with Crippen molar-refractivity contribution in [3.63, 3.8) is 0 Å². The minimum Gasteiger partial charge on any atom is -0.389 e. The standard InChI is InChI=1S/C21H18F3N7O4/c22-21(23,24)14-4-2-1-3-13(14)18(33)31-11-9-30(10-12-31)15-5-6-17(29-28-15)35-20(34)27-19-25-8-7-16(32)26-19/h1-8H,9-12H2,(H2,25,26,27,32,34). The van der Waals surface area contributed by atoms with Crippen molar-refractivity contribution in [2.45, 2.75) is 6.18 Å². The van der Waals surface area contributed by atoms with Crippen molar-refractivity contribution >= 4 is 23.8 Å². The first-order valence-electron chi connectivity index (χ1n) is 10.3. The number of rotatable bonds is 4. The number of ether oxygens (including phenoxy) is 1. The highest BCUT2D eigenvalue weighted by atomic mass is 19.4. The first-order chi connectivity index (χ1) is 16.7. The maximum absolute atomic E-state index is 13.2. The van der Waals surface area contributed by atoms with Crippen LogP contribution in [0.3, 0.4) is 0 Å². The molecule has 3 heterocycles. The van der Waals surface area contributed by atoms with Crippen LogP contribution in [0.1, 0.15) is 15.9 Å². The van der Waals surface area contributed by atoms with E-state index in [-0.39, 0.29) is 30.5 Å². The minimum absolute atomic E-state index is 0.0997. The fourth-order valence-corrected chi connectivity index (χ4v) is 3.41. The van der Waals surface area contributed by atoms with Crippen LogP contribution >= 0.6 is 0 Å². The Kier molecular flexibility index (Phi) is 6.62. The Morgan fingerprint density at radius 2 is 1.74 bits per heavy atom. The first-order valence-corrected chi connectivity index (χ1v) is 10.3. The van der Waals surface area contributed by atoms with Crippen molar-refractivity contribution in [3.8, 4) is 5.88 Å². The van der Waals surface area contributed by atoms with E-state index in [1.54, 1.807) is 11.0 Å². The molecule has 2 aromatic heterocycles. The van der Waals surface area contributed by atoms with Crippen LogP contribution < -0.4 is 20.5 Å². The number of amides is 2. The van der Waals surface area contributed by atoms with E-state index in [4.69, 9.17) is 4.74 Å². The van der Waals surface area contributed by atoms with Crippen LogP contribution in [-0.4, -0.2) is 63.2 Å². The molecule has 11 nitrogen and oxygen atoms in total. The van der Waals surface area contributed by atoms with Crippen LogP contribution in [0, 0.1) is 0 Å². The molecule has 1 aromatic carbocycles. The summed E-state index contributed by atoms with van der Waals surface area (Å²) in [5.41, 5.74) is -1.80. The zero-order chi connectivity index (χ0) is 25.0. The summed E-state index contributed by atoms with van der Waals surface area (Å²) in [6.07, 6.45) is -4.35. The van der Waals surface area contributed by atoms with Crippen LogP contribution in [0.5, 0.6) is 5.88 Å². The summed E-state index contributed by atoms with van der Waals surface area (Å²) in [6.45, 7) is 1.02. The van der Waals surface area contributed by atoms with Gasteiger partial charge in [-0.1, -0.05) is 12.1 Å². The molecule has 3 aromatic rings. The monoisotopic (exact) mass is 489 g/mol. The normalized spacial score (nSPS) is 13.9. The van der Waals surface area contributed by atoms with E-state index >= 15 is 0 Å². The quantitative estimate of drug-likeness (QED) is 0.570. The smallest absolute Gasteiger partial charge is 0.389 e. The van der Waals surface area contributed by atoms with Gasteiger partial charge in [0, 0.05) is 44.5 Å². The molecule has 0 aliphatic carbocycles. The molecule has 0 bridgehead atoms. The molecule has 2 N–H and O–H groups in total. The van der Waals surface area contributed by atoms with Gasteiger partial charge >= 0.3 is 12.3 Å². The third kappa shape index (κ3) is 5.72. The van der Waals surface area contributed by atoms with Gasteiger partial charge in [-0.3, -0.25) is 19.9 Å². The van der Waals surface area contributed by atoms with Crippen LogP contribution in [0.2, 0.25) is 0 Å². The van der Waals surface area contributed by atoms with Crippen molar-refractivity contribution in [2.24, 2.45) is 0 Å². The molecular weight excluding hydrogens is 471 g/mol. The number of aromatic amines is 1. The zero-order valence-corrected chi connectivity index (χ0v) is 18.0. The Morgan fingerprint density at radius 1 is 1.00 bits per heavy atom. The molecule has 35 heavy (non-hydrogen) atoms. The number of anilines is 2. The molecule has 14 heteroatoms. The molecule has 0 spiro atoms. The lowest BCUT2D eigenvalue weighted by Crippen LogP contribution is -2.49. The summed E-state index contributed by atoms with van der Waals surface area (Å²) in [6, 6.07) is 8.83. The van der Waals surface area contributed by atoms with Gasteiger partial charge in [0.2, 0.25) is 11.8 Å². The summed E-state index contributed by atoms with van der Waals surface area (Å²) < 4.78 is 44.7. The van der Waals surface area contributed by atoms with E-state index in [0.717, 1.165) is 6.07 Å². The molecule has 0 unspecified atom stereocenters. The maximum Gasteiger partial charge on any atom is 0.420 e. The maximum atomic E-state index is 13.2. The van der Waals surface area contributed by atoms with Crippen molar-refractivity contribution in [1.29, 1.82) is 0 Å². The Labute approximate surface area is 195 Å². The molecule has 1 saturated heterocycles. The van der Waals surface area contributed by atoms with Gasteiger partial charge in [0.15, 0.2) is 5.82 Å². The number of nitrogens with zero attached hydrogens (tertiary/aromatic N) is 5. The predicted octanol–water partition coefficient (Wildman–Crippen LogP) is 2.15. The average Bonchev–Trinajstić information content (AvgIpc) is 2.84. The number of nitrogens with one attached hydrogen (secondary N) is 2. The average molecular weight is 489 g/mol. The Balaban J connectivity index is 1.33. The van der Waals surface area contributed by atoms with Gasteiger partial charge < -0.3 is 14.5 Å². The third-order valence-electron chi connectivity index (χ3n) is 5.07. The van der Waals surface area contributed by atoms with Crippen LogP contribution in [0.4, 0.5) is 29.7 Å². The number of alkyl halides is 3. The number of carbonyl (C=O) groups excluding carboxylic acids is 2. The summed E-state index contributed by atoms with van der Waals surface area (Å²) in [5, 5.41) is 10.1. The van der Waals surface area contributed by atoms with Gasteiger partial charge in [0.05, 0.1) is 11.1 Å². The van der Waals surface area contributed by atoms with E-state index in [1.807, 2.05) is 0 Å². The number of piperazine rings is 1. The minimum atomic E-state index is -4.63. The van der Waals surface area contributed by atoms with Crippen molar-refractivity contribution in [3.05, 3.63) is 70.1 Å². The van der Waals surface area contributed by atoms with Crippen LogP contribution in [0.15, 0.2) is 53.5 Å². The molecule has 182 valence electrons. The Morgan fingerprint density at radius 3 is 2.40 bits per heavy atom. The molecule has 1 aliphatic rings. The van der Waals surface area contributed by atoms with Gasteiger partial charge in [-0.2, -0.15) is 13.2 Å². The van der Waals surface area contributed by atoms with Crippen molar-refractivity contribution in [2.75, 3.05) is 36.4 Å². The lowest BCUT2D eigenvalue weighted by atomic mass is 10.1. The molecule has 4 rings (SSSR count). The number of hydrogen-bond donors (Lipinski definition) is 2. The highest BCUT2D eigenvalue weighted by Gasteiger charge is 2.36. The number of halogens is 3. The van der Waals surface area contributed by atoms with E-state index in [2.05, 4.69) is 25.5 Å². The van der Waals surface area contributed by atoms with Gasteiger partial charge in [-0.05, 0) is 18.2 Å². The van der Waals surface area contributed by atoms with Crippen LogP contribution in [-0.2, 0) is 6.18 Å². The Hall–Kier alpha value is -4.49. The van der Waals surface area contributed by atoms with E-state index in [1.165, 1.54) is 41.4 Å². The number of benzene rings is 1. The molecule has 0 radical (unpaired) electrons. The number of H-pyrrole nitrogens is 1. The lowest BCUT2D eigenvalue weighted by molar-refractivity contribution is -0.138. The lowest BCUT2D eigenvalue weighted by Gasteiger charge is -2.35. The van der Waals surface area contributed by atoms with Crippen molar-refractivity contribution in [1.82, 2.24) is 25.1 Å². The van der Waals surface area contributed by atoms with Gasteiger partial charge in [-0.25, -0.2) is 9.78 Å². The molecule has 0 atom stereocenters. The first kappa shape index (κ1) is 23.7. The van der Waals surface area contributed by atoms with Gasteiger partial charge in [0.25, 0.3) is 11.5 Å². The predicted molar refractivity (Wildman–Crippen MR) is 116 cm³/mol. The second kappa shape index (κ2) is 9.79. The van der Waals surface area contributed by atoms with Crippen molar-refractivity contribution < 1.29 is 27.5 Å². The summed E-state index contributed by atoms with van der Waals surface area (Å²) in [5.74, 6) is -0.457. The second-order valence-corrected chi connectivity index (χ2v) is 7.35. The molecule has 0 saturated carbocycles. The van der Waals surface area contributed by atoms with E-state index in [9.17, 15) is 27.6 Å². The van der Waals surface area contributed by atoms with E-state index < -0.39 is 29.3 Å². The SMILES string of the molecule is O=C(Nc1nccc(=O)[nH]1)Oc1ccc(N2CCN(C(=O)c3ccccc3C(F)(F)F)CC2)nn1. The fourth-order valence-electron chi connectivity index (χ4n) is 3.41. The molecule has 1 aliphatic heterocycles. The third-order valence-corrected chi connectivity index (χ3v) is 5.07. The fraction of sp³-hybridized carbons (Fsp3) is 0.238. The Bertz CT molecular complexity index is 1270. The molecule has 1 fully saturated rings. The molecule has 2 amide bonds. The van der Waals surface area contributed by atoms with Crippen LogP contribution in [0.25, 0.3) is 0 Å². The summed E-state index contributed by atoms with van der Waals surface area (Å²) in [4.78, 5) is 45.1.